The van der Waals surface area contributed by atoms with Crippen molar-refractivity contribution in [3.05, 3.63) is 54.1 Å². The Morgan fingerprint density at radius 2 is 1.56 bits per heavy atom. The van der Waals surface area contributed by atoms with E-state index in [1.165, 1.54) is 4.90 Å². The Balaban J connectivity index is 1.24. The van der Waals surface area contributed by atoms with Crippen LogP contribution in [-0.4, -0.2) is 34.0 Å². The molecule has 0 aromatic heterocycles. The second kappa shape index (κ2) is 8.30. The molecule has 1 heterocycles. The number of carbonyl (C=O) groups is 3. The molecule has 6 atom stereocenters. The lowest BCUT2D eigenvalue weighted by atomic mass is 9.81. The fourth-order valence-electron chi connectivity index (χ4n) is 5.28. The number of halogens is 2. The second-order valence-corrected chi connectivity index (χ2v) is 10.7. The van der Waals surface area contributed by atoms with E-state index >= 15 is 0 Å². The molecule has 5 rings (SSSR count). The Labute approximate surface area is 202 Å². The van der Waals surface area contributed by atoms with Crippen LogP contribution in [0.3, 0.4) is 0 Å². The van der Waals surface area contributed by atoms with Gasteiger partial charge in [0.25, 0.3) is 0 Å². The molecule has 0 radical (unpaired) electrons. The van der Waals surface area contributed by atoms with Crippen molar-refractivity contribution in [2.24, 2.45) is 23.7 Å². The lowest BCUT2D eigenvalue weighted by Gasteiger charge is -2.28. The number of anilines is 1. The maximum Gasteiger partial charge on any atom is 0.349 e. The van der Waals surface area contributed by atoms with Gasteiger partial charge in [-0.15, -0.1) is 0 Å². The predicted molar refractivity (Wildman–Crippen MR) is 125 cm³/mol. The molecule has 1 saturated heterocycles. The number of aryl methyl sites for hydroxylation is 1. The van der Waals surface area contributed by atoms with Crippen LogP contribution in [-0.2, 0) is 14.4 Å². The average Bonchev–Trinajstić information content (AvgIpc) is 3.39. The van der Waals surface area contributed by atoms with Gasteiger partial charge in [0.2, 0.25) is 11.8 Å². The number of carbonyl (C=O) groups excluding carboxylic acids is 3. The molecule has 8 heteroatoms. The van der Waals surface area contributed by atoms with Gasteiger partial charge < -0.3 is 9.47 Å². The molecule has 2 aromatic rings. The molecule has 0 N–H and O–H groups in total. The van der Waals surface area contributed by atoms with Crippen LogP contribution < -0.4 is 14.4 Å². The standard InChI is InChI=1S/C24H21Br2NO5/c1-12-4-2-3-5-17(12)31-11-18(28)32-14-8-6-13(7-9-14)27-23(29)19-15-10-16(20(19)24(27)30)22(26)21(15)25/h2-9,15-16,19-22H,10-11H2,1H3/t15-,16-,19-,20-,21-,22+/m0/s1. The van der Waals surface area contributed by atoms with Crippen LogP contribution in [0.2, 0.25) is 0 Å². The molecular weight excluding hydrogens is 542 g/mol. The van der Waals surface area contributed by atoms with Gasteiger partial charge in [0.05, 0.1) is 17.5 Å². The lowest BCUT2D eigenvalue weighted by Crippen LogP contribution is -2.37. The van der Waals surface area contributed by atoms with Gasteiger partial charge in [-0.1, -0.05) is 50.1 Å². The smallest absolute Gasteiger partial charge is 0.349 e. The van der Waals surface area contributed by atoms with E-state index in [1.54, 1.807) is 30.3 Å². The predicted octanol–water partition coefficient (Wildman–Crippen LogP) is 4.26. The van der Waals surface area contributed by atoms with Gasteiger partial charge in [0.15, 0.2) is 6.61 Å². The van der Waals surface area contributed by atoms with Gasteiger partial charge in [-0.3, -0.25) is 14.5 Å². The van der Waals surface area contributed by atoms with E-state index in [-0.39, 0.29) is 51.7 Å². The first-order chi connectivity index (χ1) is 15.4. The van der Waals surface area contributed by atoms with Crippen LogP contribution in [0, 0.1) is 30.6 Å². The molecule has 2 bridgehead atoms. The topological polar surface area (TPSA) is 72.9 Å². The highest BCUT2D eigenvalue weighted by Gasteiger charge is 2.66. The van der Waals surface area contributed by atoms with Crippen LogP contribution in [0.25, 0.3) is 0 Å². The van der Waals surface area contributed by atoms with Crippen LogP contribution in [0.1, 0.15) is 12.0 Å². The van der Waals surface area contributed by atoms with E-state index in [0.29, 0.717) is 17.2 Å². The number of imide groups is 1. The molecule has 3 aliphatic rings. The Morgan fingerprint density at radius 1 is 0.969 bits per heavy atom. The molecule has 166 valence electrons. The number of alkyl halides is 2. The summed E-state index contributed by atoms with van der Waals surface area (Å²) in [6.07, 6.45) is 0.895. The van der Waals surface area contributed by atoms with Crippen LogP contribution >= 0.6 is 31.9 Å². The van der Waals surface area contributed by atoms with E-state index < -0.39 is 5.97 Å². The number of hydrogen-bond acceptors (Lipinski definition) is 5. The summed E-state index contributed by atoms with van der Waals surface area (Å²) >= 11 is 7.39. The third-order valence-corrected chi connectivity index (χ3v) is 9.96. The van der Waals surface area contributed by atoms with Gasteiger partial charge in [0.1, 0.15) is 11.5 Å². The summed E-state index contributed by atoms with van der Waals surface area (Å²) in [5.41, 5.74) is 1.43. The molecule has 3 fully saturated rings. The maximum absolute atomic E-state index is 13.1. The van der Waals surface area contributed by atoms with E-state index in [9.17, 15) is 14.4 Å². The number of para-hydroxylation sites is 1. The highest BCUT2D eigenvalue weighted by atomic mass is 79.9. The van der Waals surface area contributed by atoms with Crippen molar-refractivity contribution >= 4 is 55.3 Å². The molecular formula is C24H21Br2NO5. The summed E-state index contributed by atoms with van der Waals surface area (Å²) in [6.45, 7) is 1.68. The van der Waals surface area contributed by atoms with E-state index in [0.717, 1.165) is 12.0 Å². The molecule has 0 spiro atoms. The first-order valence-corrected chi connectivity index (χ1v) is 12.3. The highest BCUT2D eigenvalue weighted by Crippen LogP contribution is 2.60. The summed E-state index contributed by atoms with van der Waals surface area (Å²) < 4.78 is 10.8. The molecule has 2 amide bonds. The van der Waals surface area contributed by atoms with Crippen LogP contribution in [0.5, 0.6) is 11.5 Å². The van der Waals surface area contributed by atoms with Crippen molar-refractivity contribution in [1.29, 1.82) is 0 Å². The van der Waals surface area contributed by atoms with Crippen molar-refractivity contribution in [3.63, 3.8) is 0 Å². The summed E-state index contributed by atoms with van der Waals surface area (Å²) in [5.74, 6) is -0.0286. The van der Waals surface area contributed by atoms with Gasteiger partial charge in [-0.2, -0.15) is 0 Å². The normalized spacial score (nSPS) is 30.5. The van der Waals surface area contributed by atoms with Crippen LogP contribution in [0.15, 0.2) is 48.5 Å². The van der Waals surface area contributed by atoms with Gasteiger partial charge in [0, 0.05) is 9.65 Å². The summed E-state index contributed by atoms with van der Waals surface area (Å²) in [5, 5.41) is 0. The van der Waals surface area contributed by atoms with E-state index in [2.05, 4.69) is 31.9 Å². The number of amides is 2. The summed E-state index contributed by atoms with van der Waals surface area (Å²) in [6, 6.07) is 13.9. The van der Waals surface area contributed by atoms with E-state index in [1.807, 2.05) is 25.1 Å². The monoisotopic (exact) mass is 561 g/mol. The first-order valence-electron chi connectivity index (χ1n) is 10.5. The fraction of sp³-hybridized carbons (Fsp3) is 0.375. The molecule has 2 aliphatic carbocycles. The lowest BCUT2D eigenvalue weighted by molar-refractivity contribution is -0.136. The molecule has 2 aromatic carbocycles. The minimum atomic E-state index is -0.535. The first kappa shape index (κ1) is 21.6. The molecule has 2 saturated carbocycles. The third-order valence-electron chi connectivity index (χ3n) is 6.75. The van der Waals surface area contributed by atoms with E-state index in [4.69, 9.17) is 9.47 Å². The zero-order chi connectivity index (χ0) is 22.6. The minimum Gasteiger partial charge on any atom is -0.482 e. The van der Waals surface area contributed by atoms with Crippen molar-refractivity contribution < 1.29 is 23.9 Å². The second-order valence-electron chi connectivity index (χ2n) is 8.54. The average molecular weight is 563 g/mol. The van der Waals surface area contributed by atoms with Crippen molar-refractivity contribution in [3.8, 4) is 11.5 Å². The fourth-order valence-corrected chi connectivity index (χ4v) is 7.16. The SMILES string of the molecule is Cc1ccccc1OCC(=O)Oc1ccc(N2C(=O)[C@H]3[C@@H]4C[C@H]([C@@H](Br)[C@H]4Br)[C@@H]3C2=O)cc1. The maximum atomic E-state index is 13.1. The Bertz CT molecular complexity index is 1060. The third kappa shape index (κ3) is 3.48. The molecule has 6 nitrogen and oxygen atoms in total. The Hall–Kier alpha value is -2.19. The van der Waals surface area contributed by atoms with Crippen molar-refractivity contribution in [1.82, 2.24) is 0 Å². The van der Waals surface area contributed by atoms with Gasteiger partial charge in [-0.05, 0) is 61.1 Å². The molecule has 0 unspecified atom stereocenters. The quantitative estimate of drug-likeness (QED) is 0.236. The van der Waals surface area contributed by atoms with Gasteiger partial charge >= 0.3 is 5.97 Å². The molecule has 1 aliphatic heterocycles. The van der Waals surface area contributed by atoms with Gasteiger partial charge in [-0.25, -0.2) is 4.79 Å². The number of rotatable bonds is 5. The number of nitrogens with zero attached hydrogens (tertiary/aromatic N) is 1. The zero-order valence-electron chi connectivity index (χ0n) is 17.2. The summed E-state index contributed by atoms with van der Waals surface area (Å²) in [4.78, 5) is 40.1. The number of fused-ring (bicyclic) bond motifs is 5. The Morgan fingerprint density at radius 3 is 2.16 bits per heavy atom. The van der Waals surface area contributed by atoms with Crippen molar-refractivity contribution in [2.75, 3.05) is 11.5 Å². The van der Waals surface area contributed by atoms with Crippen molar-refractivity contribution in [2.45, 2.75) is 23.0 Å². The number of benzene rings is 2. The number of esters is 1. The number of ether oxygens (including phenoxy) is 2. The zero-order valence-corrected chi connectivity index (χ0v) is 20.4. The van der Waals surface area contributed by atoms with Crippen LogP contribution in [0.4, 0.5) is 5.69 Å². The molecule has 32 heavy (non-hydrogen) atoms. The highest BCUT2D eigenvalue weighted by molar-refractivity contribution is 9.12. The summed E-state index contributed by atoms with van der Waals surface area (Å²) in [7, 11) is 0. The largest absolute Gasteiger partial charge is 0.482 e. The minimum absolute atomic E-state index is 0.132. The number of hydrogen-bond donors (Lipinski definition) is 0. The Kier molecular flexibility index (Phi) is 5.61.